The van der Waals surface area contributed by atoms with Crippen molar-refractivity contribution in [3.63, 3.8) is 0 Å². The van der Waals surface area contributed by atoms with Crippen LogP contribution in [0.2, 0.25) is 0 Å². The molecule has 1 atom stereocenters. The Kier molecular flexibility index (Phi) is 4.25. The van der Waals surface area contributed by atoms with Gasteiger partial charge in [-0.25, -0.2) is 4.98 Å². The Balaban J connectivity index is 1.80. The van der Waals surface area contributed by atoms with Crippen molar-refractivity contribution < 1.29 is 4.74 Å². The molecule has 3 rings (SSSR count). The van der Waals surface area contributed by atoms with Gasteiger partial charge in [0.05, 0.1) is 18.2 Å². The summed E-state index contributed by atoms with van der Waals surface area (Å²) in [7, 11) is 2.03. The molecule has 0 aliphatic heterocycles. The Morgan fingerprint density at radius 3 is 3.14 bits per heavy atom. The van der Waals surface area contributed by atoms with Crippen molar-refractivity contribution in [2.75, 3.05) is 7.05 Å². The highest BCUT2D eigenvalue weighted by atomic mass is 16.5. The maximum Gasteiger partial charge on any atom is 0.130 e. The number of nitrogens with zero attached hydrogens (tertiary/aromatic N) is 2. The van der Waals surface area contributed by atoms with Crippen LogP contribution in [0.1, 0.15) is 42.6 Å². The lowest BCUT2D eigenvalue weighted by Crippen LogP contribution is -2.22. The van der Waals surface area contributed by atoms with Gasteiger partial charge in [-0.1, -0.05) is 12.1 Å². The Labute approximate surface area is 126 Å². The number of aryl methyl sites for hydroxylation is 1. The summed E-state index contributed by atoms with van der Waals surface area (Å²) in [4.78, 5) is 4.19. The monoisotopic (exact) mass is 285 g/mol. The van der Waals surface area contributed by atoms with Crippen molar-refractivity contribution in [2.24, 2.45) is 0 Å². The molecular formula is C17H23N3O. The summed E-state index contributed by atoms with van der Waals surface area (Å²) in [5.74, 6) is 1.02. The first kappa shape index (κ1) is 14.1. The molecule has 0 spiro atoms. The van der Waals surface area contributed by atoms with Crippen LogP contribution in [-0.2, 0) is 19.6 Å². The van der Waals surface area contributed by atoms with E-state index in [-0.39, 0.29) is 0 Å². The maximum absolute atomic E-state index is 6.10. The molecule has 0 amide bonds. The number of ether oxygens (including phenoxy) is 1. The predicted octanol–water partition coefficient (Wildman–Crippen LogP) is 3.08. The average molecular weight is 285 g/mol. The zero-order valence-electron chi connectivity index (χ0n) is 12.8. The summed E-state index contributed by atoms with van der Waals surface area (Å²) in [6.45, 7) is 3.62. The lowest BCUT2D eigenvalue weighted by molar-refractivity contribution is 0.289. The molecule has 1 unspecified atom stereocenters. The second-order valence-corrected chi connectivity index (χ2v) is 5.52. The molecule has 1 heterocycles. The molecule has 112 valence electrons. The minimum Gasteiger partial charge on any atom is -0.487 e. The lowest BCUT2D eigenvalue weighted by atomic mass is 9.87. The fourth-order valence-corrected chi connectivity index (χ4v) is 3.15. The van der Waals surface area contributed by atoms with Gasteiger partial charge in [-0.2, -0.15) is 0 Å². The van der Waals surface area contributed by atoms with Gasteiger partial charge < -0.3 is 14.6 Å². The Morgan fingerprint density at radius 2 is 2.33 bits per heavy atom. The van der Waals surface area contributed by atoms with E-state index in [1.807, 2.05) is 19.6 Å². The van der Waals surface area contributed by atoms with E-state index in [1.54, 1.807) is 0 Å². The van der Waals surface area contributed by atoms with Crippen LogP contribution in [0.5, 0.6) is 5.75 Å². The SMILES string of the molecule is CCn1cncc1COc1cccc2c1CCCC2NC. The van der Waals surface area contributed by atoms with Gasteiger partial charge >= 0.3 is 0 Å². The fraction of sp³-hybridized carbons (Fsp3) is 0.471. The number of fused-ring (bicyclic) bond motifs is 1. The zero-order chi connectivity index (χ0) is 14.7. The lowest BCUT2D eigenvalue weighted by Gasteiger charge is -2.26. The smallest absolute Gasteiger partial charge is 0.130 e. The highest BCUT2D eigenvalue weighted by Crippen LogP contribution is 2.35. The minimum atomic E-state index is 0.457. The molecule has 0 radical (unpaired) electrons. The van der Waals surface area contributed by atoms with Crippen LogP contribution in [0, 0.1) is 0 Å². The van der Waals surface area contributed by atoms with Crippen molar-refractivity contribution in [3.8, 4) is 5.75 Å². The van der Waals surface area contributed by atoms with Gasteiger partial charge in [0.2, 0.25) is 0 Å². The molecule has 21 heavy (non-hydrogen) atoms. The van der Waals surface area contributed by atoms with Gasteiger partial charge in [-0.3, -0.25) is 0 Å². The summed E-state index contributed by atoms with van der Waals surface area (Å²) in [5, 5.41) is 3.41. The molecule has 4 nitrogen and oxygen atoms in total. The first-order valence-electron chi connectivity index (χ1n) is 7.74. The minimum absolute atomic E-state index is 0.457. The van der Waals surface area contributed by atoms with Crippen molar-refractivity contribution in [3.05, 3.63) is 47.5 Å². The van der Waals surface area contributed by atoms with Gasteiger partial charge in [0.15, 0.2) is 0 Å². The molecule has 0 fully saturated rings. The second kappa shape index (κ2) is 6.31. The van der Waals surface area contributed by atoms with E-state index in [0.717, 1.165) is 24.4 Å². The van der Waals surface area contributed by atoms with Crippen LogP contribution >= 0.6 is 0 Å². The third-order valence-electron chi connectivity index (χ3n) is 4.33. The van der Waals surface area contributed by atoms with Gasteiger partial charge in [-0.15, -0.1) is 0 Å². The van der Waals surface area contributed by atoms with Crippen molar-refractivity contribution in [1.82, 2.24) is 14.9 Å². The van der Waals surface area contributed by atoms with E-state index < -0.39 is 0 Å². The van der Waals surface area contributed by atoms with E-state index in [1.165, 1.54) is 24.0 Å². The van der Waals surface area contributed by atoms with Crippen molar-refractivity contribution in [2.45, 2.75) is 45.4 Å². The molecule has 0 saturated carbocycles. The Hall–Kier alpha value is -1.81. The van der Waals surface area contributed by atoms with E-state index in [9.17, 15) is 0 Å². The zero-order valence-corrected chi connectivity index (χ0v) is 12.8. The molecule has 2 aromatic rings. The molecule has 1 aromatic heterocycles. The van der Waals surface area contributed by atoms with Gasteiger partial charge in [-0.05, 0) is 50.4 Å². The highest BCUT2D eigenvalue weighted by molar-refractivity contribution is 5.43. The molecule has 0 saturated heterocycles. The normalized spacial score (nSPS) is 17.5. The second-order valence-electron chi connectivity index (χ2n) is 5.52. The van der Waals surface area contributed by atoms with Crippen LogP contribution in [0.3, 0.4) is 0 Å². The number of nitrogens with one attached hydrogen (secondary N) is 1. The number of imidazole rings is 1. The van der Waals surface area contributed by atoms with Gasteiger partial charge in [0.1, 0.15) is 12.4 Å². The highest BCUT2D eigenvalue weighted by Gasteiger charge is 2.21. The number of hydrogen-bond donors (Lipinski definition) is 1. The first-order chi connectivity index (χ1) is 10.3. The van der Waals surface area contributed by atoms with Crippen LogP contribution in [0.25, 0.3) is 0 Å². The number of rotatable bonds is 5. The average Bonchev–Trinajstić information content (AvgIpc) is 2.99. The molecule has 4 heteroatoms. The van der Waals surface area contributed by atoms with Crippen LogP contribution in [0.15, 0.2) is 30.7 Å². The standard InChI is InChI=1S/C17H23N3O/c1-3-20-12-19-10-13(20)11-21-17-9-5-6-14-15(17)7-4-8-16(14)18-2/h5-6,9-10,12,16,18H,3-4,7-8,11H2,1-2H3. The van der Waals surface area contributed by atoms with Crippen LogP contribution in [0.4, 0.5) is 0 Å². The summed E-state index contributed by atoms with van der Waals surface area (Å²) < 4.78 is 8.21. The Bertz CT molecular complexity index is 606. The van der Waals surface area contributed by atoms with Crippen molar-refractivity contribution >= 4 is 0 Å². The van der Waals surface area contributed by atoms with Gasteiger partial charge in [0, 0.05) is 12.6 Å². The number of benzene rings is 1. The predicted molar refractivity (Wildman–Crippen MR) is 83.4 cm³/mol. The summed E-state index contributed by atoms with van der Waals surface area (Å²) in [5.41, 5.74) is 3.88. The maximum atomic E-state index is 6.10. The van der Waals surface area contributed by atoms with Crippen molar-refractivity contribution in [1.29, 1.82) is 0 Å². The molecule has 1 N–H and O–H groups in total. The molecule has 1 aromatic carbocycles. The first-order valence-corrected chi connectivity index (χ1v) is 7.74. The van der Waals surface area contributed by atoms with E-state index in [2.05, 4.69) is 40.0 Å². The van der Waals surface area contributed by atoms with E-state index >= 15 is 0 Å². The van der Waals surface area contributed by atoms with E-state index in [4.69, 9.17) is 4.74 Å². The quantitative estimate of drug-likeness (QED) is 0.917. The molecular weight excluding hydrogens is 262 g/mol. The summed E-state index contributed by atoms with van der Waals surface area (Å²) in [6, 6.07) is 6.86. The number of aromatic nitrogens is 2. The van der Waals surface area contributed by atoms with E-state index in [0.29, 0.717) is 12.6 Å². The Morgan fingerprint density at radius 1 is 1.43 bits per heavy atom. The number of hydrogen-bond acceptors (Lipinski definition) is 3. The third kappa shape index (κ3) is 2.81. The topological polar surface area (TPSA) is 39.1 Å². The third-order valence-corrected chi connectivity index (χ3v) is 4.33. The molecule has 1 aliphatic rings. The summed E-state index contributed by atoms with van der Waals surface area (Å²) in [6.07, 6.45) is 7.27. The van der Waals surface area contributed by atoms with Gasteiger partial charge in [0.25, 0.3) is 0 Å². The molecule has 0 bridgehead atoms. The fourth-order valence-electron chi connectivity index (χ4n) is 3.15. The largest absolute Gasteiger partial charge is 0.487 e. The van der Waals surface area contributed by atoms with Crippen LogP contribution in [-0.4, -0.2) is 16.6 Å². The van der Waals surface area contributed by atoms with Crippen LogP contribution < -0.4 is 10.1 Å². The molecule has 1 aliphatic carbocycles. The summed E-state index contributed by atoms with van der Waals surface area (Å²) >= 11 is 0.